The standard InChI is InChI=1S/C62H125N2O6P/c1-6-8-10-12-14-16-18-20-22-23-24-25-26-27-28-29-30-31-32-33-34-35-36-37-38-39-40-41-42-44-46-48-50-52-54-56-62(66)63-60(59-70-71(67,68)69-58-57-64(3,4)5)61(65)55-53-51-49-47-45-43-21-19-17-15-13-11-9-7-2/h23-24,60-61,65H,6-22,25-59H2,1-5H3,(H-,63,66,67,68)/p+1/b24-23-. The number of likely N-dealkylation sites (N-methyl/N-ethyl adjacent to an activating group) is 1. The minimum Gasteiger partial charge on any atom is -0.391 e. The molecule has 3 atom stereocenters. The van der Waals surface area contributed by atoms with E-state index in [2.05, 4.69) is 31.3 Å². The molecular weight excluding hydrogens is 900 g/mol. The van der Waals surface area contributed by atoms with Crippen molar-refractivity contribution in [2.45, 2.75) is 341 Å². The number of aliphatic hydroxyl groups excluding tert-OH is 1. The van der Waals surface area contributed by atoms with Gasteiger partial charge in [0.15, 0.2) is 0 Å². The van der Waals surface area contributed by atoms with Crippen molar-refractivity contribution in [3.05, 3.63) is 12.2 Å². The number of carbonyl (C=O) groups is 1. The third-order valence-electron chi connectivity index (χ3n) is 14.8. The minimum absolute atomic E-state index is 0.0782. The van der Waals surface area contributed by atoms with Crippen LogP contribution in [0.2, 0.25) is 0 Å². The van der Waals surface area contributed by atoms with Crippen LogP contribution in [-0.4, -0.2) is 73.4 Å². The van der Waals surface area contributed by atoms with E-state index < -0.39 is 20.0 Å². The third kappa shape index (κ3) is 56.8. The number of carbonyl (C=O) groups excluding carboxylic acids is 1. The number of aliphatic hydroxyl groups is 1. The van der Waals surface area contributed by atoms with E-state index in [1.807, 2.05) is 21.1 Å². The Kier molecular flexibility index (Phi) is 53.5. The molecule has 1 amide bonds. The van der Waals surface area contributed by atoms with E-state index >= 15 is 0 Å². The van der Waals surface area contributed by atoms with Gasteiger partial charge in [-0.15, -0.1) is 0 Å². The van der Waals surface area contributed by atoms with Gasteiger partial charge >= 0.3 is 7.82 Å². The van der Waals surface area contributed by atoms with Crippen molar-refractivity contribution in [2.75, 3.05) is 40.9 Å². The molecule has 424 valence electrons. The van der Waals surface area contributed by atoms with E-state index in [1.54, 1.807) is 0 Å². The van der Waals surface area contributed by atoms with Crippen molar-refractivity contribution in [2.24, 2.45) is 0 Å². The summed E-state index contributed by atoms with van der Waals surface area (Å²) in [5, 5.41) is 14.1. The molecule has 3 unspecified atom stereocenters. The van der Waals surface area contributed by atoms with Gasteiger partial charge in [-0.2, -0.15) is 0 Å². The molecule has 0 aromatic carbocycles. The fourth-order valence-corrected chi connectivity index (χ4v) is 10.5. The molecule has 0 rings (SSSR count). The topological polar surface area (TPSA) is 105 Å². The van der Waals surface area contributed by atoms with E-state index in [1.165, 1.54) is 263 Å². The lowest BCUT2D eigenvalue weighted by Crippen LogP contribution is -2.46. The quantitative estimate of drug-likeness (QED) is 0.0243. The Morgan fingerprint density at radius 3 is 1.08 bits per heavy atom. The summed E-state index contributed by atoms with van der Waals surface area (Å²) in [6.07, 6.45) is 67.3. The minimum atomic E-state index is -4.32. The summed E-state index contributed by atoms with van der Waals surface area (Å²) in [6, 6.07) is -0.756. The fraction of sp³-hybridized carbons (Fsp3) is 0.952. The first-order valence-corrected chi connectivity index (χ1v) is 33.0. The largest absolute Gasteiger partial charge is 0.472 e. The Bertz CT molecular complexity index is 1160. The van der Waals surface area contributed by atoms with Crippen molar-refractivity contribution in [3.63, 3.8) is 0 Å². The Morgan fingerprint density at radius 1 is 0.465 bits per heavy atom. The zero-order chi connectivity index (χ0) is 52.0. The van der Waals surface area contributed by atoms with Crippen LogP contribution in [0.4, 0.5) is 0 Å². The van der Waals surface area contributed by atoms with Crippen LogP contribution in [-0.2, 0) is 18.4 Å². The molecule has 0 heterocycles. The Hall–Kier alpha value is -0.760. The maximum Gasteiger partial charge on any atom is 0.472 e. The maximum atomic E-state index is 13.0. The molecule has 9 heteroatoms. The van der Waals surface area contributed by atoms with E-state index in [9.17, 15) is 19.4 Å². The summed E-state index contributed by atoms with van der Waals surface area (Å²) in [7, 11) is 1.63. The fourth-order valence-electron chi connectivity index (χ4n) is 9.81. The number of phosphoric ester groups is 1. The number of hydrogen-bond donors (Lipinski definition) is 3. The number of nitrogens with one attached hydrogen (secondary N) is 1. The molecule has 0 spiro atoms. The Morgan fingerprint density at radius 2 is 0.761 bits per heavy atom. The number of phosphoric acid groups is 1. The van der Waals surface area contributed by atoms with E-state index in [0.717, 1.165) is 38.5 Å². The van der Waals surface area contributed by atoms with Crippen LogP contribution < -0.4 is 5.32 Å². The second-order valence-corrected chi connectivity index (χ2v) is 24.6. The molecule has 0 radical (unpaired) electrons. The second-order valence-electron chi connectivity index (χ2n) is 23.1. The average molecular weight is 1030 g/mol. The highest BCUT2D eigenvalue weighted by Crippen LogP contribution is 2.43. The van der Waals surface area contributed by atoms with Gasteiger partial charge in [0.2, 0.25) is 5.91 Å². The molecule has 71 heavy (non-hydrogen) atoms. The number of quaternary nitrogens is 1. The number of rotatable bonds is 59. The van der Waals surface area contributed by atoms with Crippen molar-refractivity contribution in [1.82, 2.24) is 5.32 Å². The molecule has 0 aliphatic carbocycles. The van der Waals surface area contributed by atoms with E-state index in [4.69, 9.17) is 9.05 Å². The van der Waals surface area contributed by atoms with Gasteiger partial charge in [0.25, 0.3) is 0 Å². The first-order valence-electron chi connectivity index (χ1n) is 31.6. The summed E-state index contributed by atoms with van der Waals surface area (Å²) in [5.41, 5.74) is 0. The number of amides is 1. The van der Waals surface area contributed by atoms with Crippen molar-refractivity contribution in [3.8, 4) is 0 Å². The van der Waals surface area contributed by atoms with Crippen LogP contribution in [0.1, 0.15) is 328 Å². The van der Waals surface area contributed by atoms with Crippen LogP contribution in [0.5, 0.6) is 0 Å². The highest BCUT2D eigenvalue weighted by atomic mass is 31.2. The van der Waals surface area contributed by atoms with Gasteiger partial charge < -0.3 is 19.8 Å². The van der Waals surface area contributed by atoms with Crippen LogP contribution in [0.25, 0.3) is 0 Å². The molecule has 0 bridgehead atoms. The van der Waals surface area contributed by atoms with Gasteiger partial charge in [0.05, 0.1) is 39.9 Å². The van der Waals surface area contributed by atoms with E-state index in [0.29, 0.717) is 23.9 Å². The first-order chi connectivity index (χ1) is 34.5. The summed E-state index contributed by atoms with van der Waals surface area (Å²) in [5.74, 6) is -0.137. The predicted molar refractivity (Wildman–Crippen MR) is 309 cm³/mol. The smallest absolute Gasteiger partial charge is 0.391 e. The third-order valence-corrected chi connectivity index (χ3v) is 15.7. The van der Waals surface area contributed by atoms with Crippen molar-refractivity contribution >= 4 is 13.7 Å². The van der Waals surface area contributed by atoms with Gasteiger partial charge in [-0.05, 0) is 38.5 Å². The van der Waals surface area contributed by atoms with Crippen molar-refractivity contribution in [1.29, 1.82) is 0 Å². The molecule has 0 aliphatic heterocycles. The predicted octanol–water partition coefficient (Wildman–Crippen LogP) is 19.4. The lowest BCUT2D eigenvalue weighted by molar-refractivity contribution is -0.870. The SMILES string of the molecule is CCCCCCCCCC/C=C\CCCCCCCCCCCCCCCCCCCCCCCCCC(=O)NC(COP(=O)(O)OCC[N+](C)(C)C)C(O)CCCCCCCCCCCCCCCC. The molecule has 0 aromatic heterocycles. The Labute approximate surface area is 443 Å². The molecule has 3 N–H and O–H groups in total. The highest BCUT2D eigenvalue weighted by molar-refractivity contribution is 7.47. The van der Waals surface area contributed by atoms with E-state index in [-0.39, 0.29) is 19.1 Å². The molecule has 0 aliphatic rings. The normalized spacial score (nSPS) is 13.8. The average Bonchev–Trinajstić information content (AvgIpc) is 3.33. The summed E-state index contributed by atoms with van der Waals surface area (Å²) in [4.78, 5) is 23.3. The monoisotopic (exact) mass is 1030 g/mol. The number of unbranched alkanes of at least 4 members (excludes halogenated alkanes) is 44. The van der Waals surface area contributed by atoms with Crippen LogP contribution in [0, 0.1) is 0 Å². The highest BCUT2D eigenvalue weighted by Gasteiger charge is 2.28. The second kappa shape index (κ2) is 54.0. The van der Waals surface area contributed by atoms with Crippen LogP contribution in [0.15, 0.2) is 12.2 Å². The summed E-state index contributed by atoms with van der Waals surface area (Å²) < 4.78 is 23.8. The zero-order valence-corrected chi connectivity index (χ0v) is 49.4. The lowest BCUT2D eigenvalue weighted by Gasteiger charge is -2.26. The molecule has 0 saturated carbocycles. The molecule has 0 aromatic rings. The summed E-state index contributed by atoms with van der Waals surface area (Å²) in [6.45, 7) is 4.93. The number of nitrogens with zero attached hydrogens (tertiary/aromatic N) is 1. The zero-order valence-electron chi connectivity index (χ0n) is 48.5. The van der Waals surface area contributed by atoms with Gasteiger partial charge in [-0.25, -0.2) is 4.57 Å². The van der Waals surface area contributed by atoms with Crippen LogP contribution in [0.3, 0.4) is 0 Å². The summed E-state index contributed by atoms with van der Waals surface area (Å²) >= 11 is 0. The number of hydrogen-bond acceptors (Lipinski definition) is 5. The van der Waals surface area contributed by atoms with Gasteiger partial charge in [0, 0.05) is 6.42 Å². The molecular formula is C62H126N2O6P+. The maximum absolute atomic E-state index is 13.0. The van der Waals surface area contributed by atoms with Crippen molar-refractivity contribution < 1.29 is 32.9 Å². The van der Waals surface area contributed by atoms with Gasteiger partial charge in [-0.3, -0.25) is 13.8 Å². The Balaban J connectivity index is 3.90. The molecule has 8 nitrogen and oxygen atoms in total. The van der Waals surface area contributed by atoms with Crippen LogP contribution >= 0.6 is 7.82 Å². The first kappa shape index (κ1) is 70.2. The van der Waals surface area contributed by atoms with Gasteiger partial charge in [0.1, 0.15) is 13.2 Å². The molecule has 0 fully saturated rings. The lowest BCUT2D eigenvalue weighted by atomic mass is 10.0. The number of allylic oxidation sites excluding steroid dienone is 2. The van der Waals surface area contributed by atoms with Gasteiger partial charge in [-0.1, -0.05) is 296 Å². The molecule has 0 saturated heterocycles.